The number of rotatable bonds is 9. The number of hydrogen-bond acceptors (Lipinski definition) is 7. The lowest BCUT2D eigenvalue weighted by atomic mass is 9.78. The number of sulfone groups is 1. The summed E-state index contributed by atoms with van der Waals surface area (Å²) in [7, 11) is -4.12. The number of carbonyl (C=O) groups is 1. The molecule has 0 aliphatic heterocycles. The van der Waals surface area contributed by atoms with Gasteiger partial charge in [-0.2, -0.15) is 5.26 Å². The Morgan fingerprint density at radius 3 is 1.79 bits per heavy atom. The zero-order valence-electron chi connectivity index (χ0n) is 22.9. The first-order valence-electron chi connectivity index (χ1n) is 12.4. The number of aliphatic hydroxyl groups is 2. The number of aromatic hydroxyl groups is 1. The van der Waals surface area contributed by atoms with E-state index in [1.807, 2.05) is 47.6 Å². The molecule has 2 aromatic rings. The number of phenolic OH excluding ortho intramolecular Hbond substituents is 1. The van der Waals surface area contributed by atoms with Crippen molar-refractivity contribution >= 4 is 20.6 Å². The summed E-state index contributed by atoms with van der Waals surface area (Å²) >= 11 is 0. The lowest BCUT2D eigenvalue weighted by molar-refractivity contribution is 0.0684. The second kappa shape index (κ2) is 12.1. The van der Waals surface area contributed by atoms with Gasteiger partial charge in [-0.1, -0.05) is 47.6 Å². The number of allylic oxidation sites excluding steroid dienone is 1. The Morgan fingerprint density at radius 2 is 1.39 bits per heavy atom. The summed E-state index contributed by atoms with van der Waals surface area (Å²) in [4.78, 5) is 13.9. The maximum Gasteiger partial charge on any atom is 0.254 e. The highest BCUT2D eigenvalue weighted by Crippen LogP contribution is 2.42. The van der Waals surface area contributed by atoms with Crippen LogP contribution in [-0.2, 0) is 20.7 Å². The molecule has 8 nitrogen and oxygen atoms in total. The Balaban J connectivity index is 2.68. The molecular formula is C29H38N2O6S. The zero-order chi connectivity index (χ0) is 28.9. The number of nitrogens with zero attached hydrogens (tertiary/aromatic N) is 2. The van der Waals surface area contributed by atoms with E-state index in [1.165, 1.54) is 35.2 Å². The highest BCUT2D eigenvalue weighted by molar-refractivity contribution is 8.00. The number of phenols is 1. The molecular weight excluding hydrogens is 504 g/mol. The molecule has 0 atom stereocenters. The summed E-state index contributed by atoms with van der Waals surface area (Å²) in [6.07, 6.45) is 1.23. The van der Waals surface area contributed by atoms with Crippen molar-refractivity contribution in [3.63, 3.8) is 0 Å². The molecule has 0 unspecified atom stereocenters. The van der Waals surface area contributed by atoms with Crippen LogP contribution in [0.2, 0.25) is 0 Å². The van der Waals surface area contributed by atoms with Gasteiger partial charge in [-0.3, -0.25) is 4.79 Å². The van der Waals surface area contributed by atoms with Gasteiger partial charge >= 0.3 is 0 Å². The van der Waals surface area contributed by atoms with Gasteiger partial charge in [0.1, 0.15) is 5.75 Å². The van der Waals surface area contributed by atoms with Crippen LogP contribution in [0.5, 0.6) is 5.75 Å². The summed E-state index contributed by atoms with van der Waals surface area (Å²) < 4.78 is 27.7. The van der Waals surface area contributed by atoms with Gasteiger partial charge < -0.3 is 20.2 Å². The third kappa shape index (κ3) is 7.01. The largest absolute Gasteiger partial charge is 0.507 e. The maximum absolute atomic E-state index is 13.9. The molecule has 0 spiro atoms. The topological polar surface area (TPSA) is 139 Å². The van der Waals surface area contributed by atoms with Crippen LogP contribution in [0.15, 0.2) is 47.4 Å². The highest BCUT2D eigenvalue weighted by atomic mass is 32.2. The number of benzene rings is 2. The molecule has 0 aliphatic rings. The first kappa shape index (κ1) is 31.0. The summed E-state index contributed by atoms with van der Waals surface area (Å²) in [6.45, 7) is 11.1. The summed E-state index contributed by atoms with van der Waals surface area (Å²) in [5.41, 5.74) is 0.786. The SMILES string of the molecule is CC(C)(C)c1cc(/C(=C/CC#N)S(=O)(=O)c2ccc(C(=O)N(CCO)CCO)cc2)cc(C(C)(C)C)c1O. The zero-order valence-corrected chi connectivity index (χ0v) is 23.8. The molecule has 2 aromatic carbocycles. The molecule has 0 bridgehead atoms. The van der Waals surface area contributed by atoms with E-state index in [1.54, 1.807) is 12.1 Å². The molecule has 1 amide bonds. The van der Waals surface area contributed by atoms with Crippen molar-refractivity contribution in [3.05, 3.63) is 64.7 Å². The van der Waals surface area contributed by atoms with Crippen LogP contribution in [0.4, 0.5) is 0 Å². The molecule has 9 heteroatoms. The molecule has 0 saturated heterocycles. The standard InChI is InChI=1S/C29H38N2O6S/c1-28(2,3)23-18-21(19-24(26(23)34)29(4,5)6)25(8-7-13-30)38(36,37)22-11-9-20(10-12-22)27(35)31(14-16-32)15-17-33/h8-12,18-19,32-34H,7,14-17H2,1-6H3/b25-8-. The fourth-order valence-corrected chi connectivity index (χ4v) is 5.56. The lowest BCUT2D eigenvalue weighted by Crippen LogP contribution is -2.35. The molecule has 0 saturated carbocycles. The molecule has 0 aromatic heterocycles. The van der Waals surface area contributed by atoms with Crippen molar-refractivity contribution in [2.45, 2.75) is 63.7 Å². The molecule has 0 radical (unpaired) electrons. The van der Waals surface area contributed by atoms with Crippen molar-refractivity contribution < 1.29 is 28.5 Å². The van der Waals surface area contributed by atoms with Gasteiger partial charge in [0.2, 0.25) is 9.84 Å². The minimum absolute atomic E-state index is 0.0353. The normalized spacial score (nSPS) is 12.8. The number of carbonyl (C=O) groups excluding carboxylic acids is 1. The number of aliphatic hydroxyl groups excluding tert-OH is 2. The van der Waals surface area contributed by atoms with Crippen LogP contribution in [0, 0.1) is 11.3 Å². The van der Waals surface area contributed by atoms with E-state index in [2.05, 4.69) is 0 Å². The monoisotopic (exact) mass is 542 g/mol. The highest BCUT2D eigenvalue weighted by Gasteiger charge is 2.30. The van der Waals surface area contributed by atoms with E-state index >= 15 is 0 Å². The number of nitriles is 1. The molecule has 2 rings (SSSR count). The summed E-state index contributed by atoms with van der Waals surface area (Å²) in [5.74, 6) is -0.329. The van der Waals surface area contributed by atoms with Crippen LogP contribution in [0.3, 0.4) is 0 Å². The molecule has 0 fully saturated rings. The minimum atomic E-state index is -4.12. The van der Waals surface area contributed by atoms with Crippen molar-refractivity contribution in [2.75, 3.05) is 26.3 Å². The van der Waals surface area contributed by atoms with E-state index in [4.69, 9.17) is 0 Å². The first-order chi connectivity index (χ1) is 17.6. The molecule has 38 heavy (non-hydrogen) atoms. The van der Waals surface area contributed by atoms with Gasteiger partial charge in [0.25, 0.3) is 5.91 Å². The third-order valence-corrected chi connectivity index (χ3v) is 7.99. The average Bonchev–Trinajstić information content (AvgIpc) is 2.83. The third-order valence-electron chi connectivity index (χ3n) is 6.12. The number of amides is 1. The van der Waals surface area contributed by atoms with Crippen LogP contribution in [-0.4, -0.2) is 60.8 Å². The molecule has 0 aliphatic carbocycles. The van der Waals surface area contributed by atoms with Gasteiger partial charge in [-0.15, -0.1) is 0 Å². The first-order valence-corrected chi connectivity index (χ1v) is 13.9. The van der Waals surface area contributed by atoms with Crippen molar-refractivity contribution in [1.29, 1.82) is 5.26 Å². The molecule has 206 valence electrons. The van der Waals surface area contributed by atoms with Gasteiger partial charge in [-0.05, 0) is 52.8 Å². The van der Waals surface area contributed by atoms with E-state index in [9.17, 15) is 33.8 Å². The Kier molecular flexibility index (Phi) is 9.89. The summed E-state index contributed by atoms with van der Waals surface area (Å²) in [6, 6.07) is 10.7. The summed E-state index contributed by atoms with van der Waals surface area (Å²) in [5, 5.41) is 38.7. The quantitative estimate of drug-likeness (QED) is 0.433. The number of hydrogen-bond donors (Lipinski definition) is 3. The van der Waals surface area contributed by atoms with Crippen LogP contribution in [0.25, 0.3) is 4.91 Å². The fourth-order valence-electron chi connectivity index (χ4n) is 4.08. The van der Waals surface area contributed by atoms with Crippen LogP contribution in [0.1, 0.15) is 75.0 Å². The minimum Gasteiger partial charge on any atom is -0.507 e. The smallest absolute Gasteiger partial charge is 0.254 e. The van der Waals surface area contributed by atoms with Gasteiger partial charge in [0.15, 0.2) is 0 Å². The maximum atomic E-state index is 13.9. The second-order valence-corrected chi connectivity index (χ2v) is 13.0. The van der Waals surface area contributed by atoms with Crippen molar-refractivity contribution in [3.8, 4) is 11.8 Å². The Labute approximate surface area is 225 Å². The fraction of sp³-hybridized carbons (Fsp3) is 0.448. The van der Waals surface area contributed by atoms with Gasteiger partial charge in [0.05, 0.1) is 35.5 Å². The van der Waals surface area contributed by atoms with Crippen LogP contribution >= 0.6 is 0 Å². The van der Waals surface area contributed by atoms with E-state index in [0.29, 0.717) is 16.7 Å². The predicted molar refractivity (Wildman–Crippen MR) is 147 cm³/mol. The van der Waals surface area contributed by atoms with Gasteiger partial charge in [-0.25, -0.2) is 8.42 Å². The Hall–Kier alpha value is -3.19. The lowest BCUT2D eigenvalue weighted by Gasteiger charge is -2.28. The predicted octanol–water partition coefficient (Wildman–Crippen LogP) is 4.14. The van der Waals surface area contributed by atoms with Gasteiger partial charge in [0, 0.05) is 29.8 Å². The Bertz CT molecular complexity index is 1280. The Morgan fingerprint density at radius 1 is 0.921 bits per heavy atom. The molecule has 0 heterocycles. The van der Waals surface area contributed by atoms with E-state index < -0.39 is 26.6 Å². The van der Waals surface area contributed by atoms with Crippen molar-refractivity contribution in [1.82, 2.24) is 4.90 Å². The average molecular weight is 543 g/mol. The van der Waals surface area contributed by atoms with E-state index in [-0.39, 0.29) is 53.8 Å². The van der Waals surface area contributed by atoms with E-state index in [0.717, 1.165) is 0 Å². The van der Waals surface area contributed by atoms with Crippen LogP contribution < -0.4 is 0 Å². The van der Waals surface area contributed by atoms with Crippen molar-refractivity contribution in [2.24, 2.45) is 0 Å². The molecule has 3 N–H and O–H groups in total. The second-order valence-electron chi connectivity index (χ2n) is 11.1.